The lowest BCUT2D eigenvalue weighted by Crippen LogP contribution is -2.24. The maximum atomic E-state index is 10.0. The third-order valence-electron chi connectivity index (χ3n) is 3.18. The van der Waals surface area contributed by atoms with E-state index in [9.17, 15) is 5.11 Å². The summed E-state index contributed by atoms with van der Waals surface area (Å²) in [6.45, 7) is 6.34. The van der Waals surface area contributed by atoms with Crippen LogP contribution < -0.4 is 0 Å². The number of rotatable bonds is 2. The summed E-state index contributed by atoms with van der Waals surface area (Å²) in [5.41, 5.74) is 3.97. The van der Waals surface area contributed by atoms with Gasteiger partial charge in [-0.2, -0.15) is 0 Å². The highest BCUT2D eigenvalue weighted by atomic mass is 16.3. The normalized spacial score (nSPS) is 22.1. The van der Waals surface area contributed by atoms with Crippen LogP contribution in [0.2, 0.25) is 0 Å². The second-order valence-electron chi connectivity index (χ2n) is 4.87. The van der Waals surface area contributed by atoms with Crippen molar-refractivity contribution in [3.05, 3.63) is 53.6 Å². The number of aliphatic hydroxyl groups excluding tert-OH is 1. The minimum absolute atomic E-state index is 0.440. The average molecular weight is 241 g/mol. The minimum atomic E-state index is -0.604. The summed E-state index contributed by atoms with van der Waals surface area (Å²) < 4.78 is 0. The van der Waals surface area contributed by atoms with Gasteiger partial charge in [-0.3, -0.25) is 4.99 Å². The van der Waals surface area contributed by atoms with Crippen LogP contribution in [0.5, 0.6) is 0 Å². The van der Waals surface area contributed by atoms with E-state index in [1.807, 2.05) is 49.4 Å². The van der Waals surface area contributed by atoms with E-state index < -0.39 is 6.10 Å². The summed E-state index contributed by atoms with van der Waals surface area (Å²) in [5.74, 6) is 0.440. The average Bonchev–Trinajstić information content (AvgIpc) is 2.35. The molecule has 0 saturated heterocycles. The van der Waals surface area contributed by atoms with Crippen molar-refractivity contribution in [1.82, 2.24) is 0 Å². The molecule has 0 aliphatic heterocycles. The molecule has 2 heteroatoms. The zero-order valence-corrected chi connectivity index (χ0v) is 11.1. The molecule has 0 spiro atoms. The number of hydrogen-bond acceptors (Lipinski definition) is 2. The van der Waals surface area contributed by atoms with Gasteiger partial charge in [0.25, 0.3) is 0 Å². The Kier molecular flexibility index (Phi) is 3.78. The van der Waals surface area contributed by atoms with Gasteiger partial charge in [0.2, 0.25) is 0 Å². The molecule has 1 N–H and O–H groups in total. The second-order valence-corrected chi connectivity index (χ2v) is 4.87. The van der Waals surface area contributed by atoms with Crippen molar-refractivity contribution in [2.75, 3.05) is 0 Å². The molecular formula is C16H19NO. The van der Waals surface area contributed by atoms with E-state index in [0.717, 1.165) is 17.0 Å². The van der Waals surface area contributed by atoms with Crippen molar-refractivity contribution in [1.29, 1.82) is 0 Å². The molecule has 1 aliphatic rings. The van der Waals surface area contributed by atoms with E-state index >= 15 is 0 Å². The molecule has 0 fully saturated rings. The van der Waals surface area contributed by atoms with Crippen LogP contribution in [0.4, 0.5) is 5.69 Å². The third-order valence-corrected chi connectivity index (χ3v) is 3.18. The maximum absolute atomic E-state index is 10.0. The Morgan fingerprint density at radius 3 is 2.44 bits per heavy atom. The number of aliphatic imine (C=N–C) groups is 1. The summed E-state index contributed by atoms with van der Waals surface area (Å²) >= 11 is 0. The molecule has 0 amide bonds. The first-order chi connectivity index (χ1) is 8.59. The van der Waals surface area contributed by atoms with Gasteiger partial charge in [-0.25, -0.2) is 0 Å². The third kappa shape index (κ3) is 2.59. The fourth-order valence-electron chi connectivity index (χ4n) is 2.20. The van der Waals surface area contributed by atoms with Crippen molar-refractivity contribution in [3.63, 3.8) is 0 Å². The molecule has 0 heterocycles. The van der Waals surface area contributed by atoms with Crippen LogP contribution in [0, 0.1) is 5.92 Å². The lowest BCUT2D eigenvalue weighted by molar-refractivity contribution is 0.288. The summed E-state index contributed by atoms with van der Waals surface area (Å²) in [7, 11) is 0. The second kappa shape index (κ2) is 5.32. The van der Waals surface area contributed by atoms with Gasteiger partial charge in [0.15, 0.2) is 0 Å². The minimum Gasteiger partial charge on any atom is -0.383 e. The van der Waals surface area contributed by atoms with Crippen LogP contribution in [0.15, 0.2) is 58.6 Å². The van der Waals surface area contributed by atoms with Crippen LogP contribution >= 0.6 is 0 Å². The monoisotopic (exact) mass is 241 g/mol. The van der Waals surface area contributed by atoms with E-state index in [0.29, 0.717) is 5.92 Å². The molecule has 2 rings (SSSR count). The van der Waals surface area contributed by atoms with Gasteiger partial charge < -0.3 is 5.11 Å². The highest BCUT2D eigenvalue weighted by Crippen LogP contribution is 2.25. The van der Waals surface area contributed by atoms with Gasteiger partial charge in [-0.05, 0) is 42.2 Å². The quantitative estimate of drug-likeness (QED) is 0.842. The molecule has 18 heavy (non-hydrogen) atoms. The van der Waals surface area contributed by atoms with E-state index in [2.05, 4.69) is 18.8 Å². The van der Waals surface area contributed by atoms with Crippen molar-refractivity contribution in [2.45, 2.75) is 26.9 Å². The lowest BCUT2D eigenvalue weighted by Gasteiger charge is -2.21. The largest absolute Gasteiger partial charge is 0.383 e. The zero-order chi connectivity index (χ0) is 13.1. The number of benzene rings is 1. The van der Waals surface area contributed by atoms with E-state index in [1.165, 1.54) is 5.57 Å². The molecule has 0 aromatic heterocycles. The van der Waals surface area contributed by atoms with Crippen LogP contribution in [-0.2, 0) is 0 Å². The Hall–Kier alpha value is -1.67. The lowest BCUT2D eigenvalue weighted by atomic mass is 9.88. The van der Waals surface area contributed by atoms with Crippen molar-refractivity contribution in [3.8, 4) is 0 Å². The fraction of sp³-hybridized carbons (Fsp3) is 0.312. The number of aliphatic hydroxyl groups is 1. The number of nitrogens with zero attached hydrogens (tertiary/aromatic N) is 1. The number of hydrogen-bond donors (Lipinski definition) is 1. The predicted octanol–water partition coefficient (Wildman–Crippen LogP) is 3.66. The van der Waals surface area contributed by atoms with Crippen LogP contribution in [0.3, 0.4) is 0 Å². The van der Waals surface area contributed by atoms with E-state index in [-0.39, 0.29) is 0 Å². The Balaban J connectivity index is 2.43. The fourth-order valence-corrected chi connectivity index (χ4v) is 2.20. The molecule has 94 valence electrons. The maximum Gasteiger partial charge on any atom is 0.115 e. The Bertz CT molecular complexity index is 509. The first-order valence-electron chi connectivity index (χ1n) is 6.30. The molecule has 0 bridgehead atoms. The summed E-state index contributed by atoms with van der Waals surface area (Å²) in [6, 6.07) is 9.75. The number of para-hydroxylation sites is 1. The standard InChI is InChI=1S/C16H19NO/c1-11(2)14-9-10-15(18)16(12(14)3)17-13-7-5-4-6-8-13/h4-11,15,18H,1-3H3. The van der Waals surface area contributed by atoms with Gasteiger partial charge >= 0.3 is 0 Å². The van der Waals surface area contributed by atoms with Crippen molar-refractivity contribution in [2.24, 2.45) is 10.9 Å². The summed E-state index contributed by atoms with van der Waals surface area (Å²) in [4.78, 5) is 4.57. The van der Waals surface area contributed by atoms with Crippen LogP contribution in [0.25, 0.3) is 0 Å². The number of allylic oxidation sites excluding steroid dienone is 2. The SMILES string of the molecule is CC1=C(C(C)C)C=CC(O)C1=Nc1ccccc1. The molecular weight excluding hydrogens is 222 g/mol. The van der Waals surface area contributed by atoms with Gasteiger partial charge in [-0.1, -0.05) is 38.1 Å². The molecule has 1 aliphatic carbocycles. The molecule has 1 unspecified atom stereocenters. The van der Waals surface area contributed by atoms with Crippen LogP contribution in [0.1, 0.15) is 20.8 Å². The van der Waals surface area contributed by atoms with Gasteiger partial charge in [0.05, 0.1) is 11.4 Å². The molecule has 0 saturated carbocycles. The Labute approximate surface area is 108 Å². The Morgan fingerprint density at radius 1 is 1.17 bits per heavy atom. The highest BCUT2D eigenvalue weighted by Gasteiger charge is 2.20. The van der Waals surface area contributed by atoms with E-state index in [4.69, 9.17) is 0 Å². The van der Waals surface area contributed by atoms with Crippen molar-refractivity contribution >= 4 is 11.4 Å². The van der Waals surface area contributed by atoms with Gasteiger partial charge in [0, 0.05) is 0 Å². The highest BCUT2D eigenvalue weighted by molar-refractivity contribution is 6.07. The Morgan fingerprint density at radius 2 is 1.83 bits per heavy atom. The first kappa shape index (κ1) is 12.8. The van der Waals surface area contributed by atoms with Crippen LogP contribution in [-0.4, -0.2) is 16.9 Å². The topological polar surface area (TPSA) is 32.6 Å². The molecule has 1 aromatic rings. The summed E-state index contributed by atoms with van der Waals surface area (Å²) in [5, 5.41) is 10.0. The smallest absolute Gasteiger partial charge is 0.115 e. The molecule has 2 nitrogen and oxygen atoms in total. The van der Waals surface area contributed by atoms with Gasteiger partial charge in [-0.15, -0.1) is 0 Å². The predicted molar refractivity (Wildman–Crippen MR) is 76.2 cm³/mol. The van der Waals surface area contributed by atoms with E-state index in [1.54, 1.807) is 0 Å². The molecule has 1 aromatic carbocycles. The van der Waals surface area contributed by atoms with Gasteiger partial charge in [0.1, 0.15) is 6.10 Å². The zero-order valence-electron chi connectivity index (χ0n) is 11.1. The summed E-state index contributed by atoms with van der Waals surface area (Å²) in [6.07, 6.45) is 3.21. The molecule has 1 atom stereocenters. The van der Waals surface area contributed by atoms with Crippen molar-refractivity contribution < 1.29 is 5.11 Å². The molecule has 0 radical (unpaired) electrons. The first-order valence-corrected chi connectivity index (χ1v) is 6.30.